The van der Waals surface area contributed by atoms with Gasteiger partial charge < -0.3 is 5.32 Å². The van der Waals surface area contributed by atoms with Crippen molar-refractivity contribution >= 4 is 17.3 Å². The van der Waals surface area contributed by atoms with E-state index in [4.69, 9.17) is 11.6 Å². The van der Waals surface area contributed by atoms with Crippen molar-refractivity contribution in [2.75, 3.05) is 5.32 Å². The summed E-state index contributed by atoms with van der Waals surface area (Å²) in [6.45, 7) is 2.05. The van der Waals surface area contributed by atoms with Gasteiger partial charge in [-0.15, -0.1) is 0 Å². The summed E-state index contributed by atoms with van der Waals surface area (Å²) in [6, 6.07) is 4.66. The maximum Gasteiger partial charge on any atom is 0.129 e. The number of anilines is 1. The molecule has 0 unspecified atom stereocenters. The molecule has 2 nitrogen and oxygen atoms in total. The highest BCUT2D eigenvalue weighted by Crippen LogP contribution is 2.54. The Kier molecular flexibility index (Phi) is 2.77. The molecule has 0 atom stereocenters. The van der Waals surface area contributed by atoms with Crippen molar-refractivity contribution in [1.29, 1.82) is 0 Å². The van der Waals surface area contributed by atoms with Gasteiger partial charge in [0, 0.05) is 6.04 Å². The second-order valence-corrected chi connectivity index (χ2v) is 7.26. The van der Waals surface area contributed by atoms with Crippen LogP contribution in [0.3, 0.4) is 0 Å². The fourth-order valence-corrected chi connectivity index (χ4v) is 5.21. The van der Waals surface area contributed by atoms with Crippen LogP contribution < -0.4 is 5.32 Å². The van der Waals surface area contributed by atoms with Crippen LogP contribution in [0.5, 0.6) is 0 Å². The molecule has 19 heavy (non-hydrogen) atoms. The molecule has 0 amide bonds. The SMILES string of the molecule is Cc1nc(Cl)ccc1NC1C2CC3CC(C2)CC1C3. The summed E-state index contributed by atoms with van der Waals surface area (Å²) in [5.41, 5.74) is 2.21. The Morgan fingerprint density at radius 3 is 2.26 bits per heavy atom. The van der Waals surface area contributed by atoms with Crippen molar-refractivity contribution in [3.63, 3.8) is 0 Å². The van der Waals surface area contributed by atoms with Gasteiger partial charge in [-0.25, -0.2) is 4.98 Å². The van der Waals surface area contributed by atoms with E-state index < -0.39 is 0 Å². The minimum Gasteiger partial charge on any atom is -0.380 e. The van der Waals surface area contributed by atoms with Crippen molar-refractivity contribution < 1.29 is 0 Å². The van der Waals surface area contributed by atoms with Crippen LogP contribution in [-0.4, -0.2) is 11.0 Å². The molecule has 0 aromatic carbocycles. The molecule has 4 fully saturated rings. The van der Waals surface area contributed by atoms with E-state index in [0.717, 1.165) is 29.4 Å². The second kappa shape index (κ2) is 4.37. The van der Waals surface area contributed by atoms with Crippen LogP contribution in [0.1, 0.15) is 37.8 Å². The number of nitrogens with one attached hydrogen (secondary N) is 1. The van der Waals surface area contributed by atoms with Gasteiger partial charge >= 0.3 is 0 Å². The Morgan fingerprint density at radius 2 is 1.68 bits per heavy atom. The monoisotopic (exact) mass is 276 g/mol. The van der Waals surface area contributed by atoms with Crippen LogP contribution in [-0.2, 0) is 0 Å². The van der Waals surface area contributed by atoms with Gasteiger partial charge in [0.25, 0.3) is 0 Å². The first-order chi connectivity index (χ1) is 9.19. The van der Waals surface area contributed by atoms with E-state index in [2.05, 4.69) is 16.4 Å². The lowest BCUT2D eigenvalue weighted by molar-refractivity contribution is 0.00751. The van der Waals surface area contributed by atoms with E-state index in [1.807, 2.05) is 13.0 Å². The normalized spacial score (nSPS) is 39.6. The van der Waals surface area contributed by atoms with E-state index >= 15 is 0 Å². The lowest BCUT2D eigenvalue weighted by atomic mass is 9.54. The van der Waals surface area contributed by atoms with E-state index in [1.54, 1.807) is 0 Å². The molecule has 4 saturated carbocycles. The maximum absolute atomic E-state index is 5.94. The van der Waals surface area contributed by atoms with Gasteiger partial charge in [-0.3, -0.25) is 0 Å². The summed E-state index contributed by atoms with van der Waals surface area (Å²) in [4.78, 5) is 4.36. The molecule has 102 valence electrons. The zero-order valence-electron chi connectivity index (χ0n) is 11.4. The second-order valence-electron chi connectivity index (χ2n) is 6.87. The topological polar surface area (TPSA) is 24.9 Å². The summed E-state index contributed by atoms with van der Waals surface area (Å²) in [5, 5.41) is 4.39. The van der Waals surface area contributed by atoms with Crippen LogP contribution in [0, 0.1) is 30.6 Å². The predicted molar refractivity (Wildman–Crippen MR) is 78.4 cm³/mol. The van der Waals surface area contributed by atoms with Gasteiger partial charge in [-0.2, -0.15) is 0 Å². The van der Waals surface area contributed by atoms with Crippen LogP contribution in [0.15, 0.2) is 12.1 Å². The average Bonchev–Trinajstić information content (AvgIpc) is 2.35. The van der Waals surface area contributed by atoms with Crippen molar-refractivity contribution in [3.05, 3.63) is 23.0 Å². The molecular weight excluding hydrogens is 256 g/mol. The molecule has 0 radical (unpaired) electrons. The molecule has 1 aromatic heterocycles. The molecule has 0 spiro atoms. The van der Waals surface area contributed by atoms with Crippen LogP contribution in [0.25, 0.3) is 0 Å². The van der Waals surface area contributed by atoms with Crippen molar-refractivity contribution in [2.24, 2.45) is 23.7 Å². The Bertz CT molecular complexity index is 472. The molecule has 3 heteroatoms. The first-order valence-electron chi connectivity index (χ1n) is 7.58. The van der Waals surface area contributed by atoms with Gasteiger partial charge in [0.2, 0.25) is 0 Å². The predicted octanol–water partition coefficient (Wildman–Crippen LogP) is 4.28. The number of rotatable bonds is 2. The first kappa shape index (κ1) is 12.0. The summed E-state index contributed by atoms with van der Waals surface area (Å²) >= 11 is 5.94. The van der Waals surface area contributed by atoms with Crippen molar-refractivity contribution in [3.8, 4) is 0 Å². The highest BCUT2D eigenvalue weighted by molar-refractivity contribution is 6.29. The third kappa shape index (κ3) is 2.05. The average molecular weight is 277 g/mol. The minimum absolute atomic E-state index is 0.591. The third-order valence-corrected chi connectivity index (χ3v) is 5.81. The fraction of sp³-hybridized carbons (Fsp3) is 0.688. The van der Waals surface area contributed by atoms with E-state index in [-0.39, 0.29) is 0 Å². The van der Waals surface area contributed by atoms with Crippen LogP contribution in [0.4, 0.5) is 5.69 Å². The molecule has 0 saturated heterocycles. The molecule has 1 N–H and O–H groups in total. The Labute approximate surface area is 120 Å². The Balaban J connectivity index is 1.56. The summed E-state index contributed by atoms with van der Waals surface area (Å²) in [7, 11) is 0. The van der Waals surface area contributed by atoms with Gasteiger partial charge in [0.05, 0.1) is 11.4 Å². The summed E-state index contributed by atoms with van der Waals surface area (Å²) < 4.78 is 0. The lowest BCUT2D eigenvalue weighted by Gasteiger charge is -2.54. The highest BCUT2D eigenvalue weighted by atomic mass is 35.5. The molecular formula is C16H21ClN2. The number of nitrogens with zero attached hydrogens (tertiary/aromatic N) is 1. The van der Waals surface area contributed by atoms with Crippen molar-refractivity contribution in [1.82, 2.24) is 4.98 Å². The van der Waals surface area contributed by atoms with Crippen LogP contribution in [0.2, 0.25) is 5.15 Å². The fourth-order valence-electron chi connectivity index (χ4n) is 5.02. The lowest BCUT2D eigenvalue weighted by Crippen LogP contribution is -2.51. The minimum atomic E-state index is 0.591. The number of halogens is 1. The molecule has 4 aliphatic rings. The van der Waals surface area contributed by atoms with Gasteiger partial charge in [0.15, 0.2) is 0 Å². The zero-order chi connectivity index (χ0) is 13.0. The van der Waals surface area contributed by atoms with Gasteiger partial charge in [0.1, 0.15) is 5.15 Å². The number of pyridine rings is 1. The number of hydrogen-bond donors (Lipinski definition) is 1. The van der Waals surface area contributed by atoms with Gasteiger partial charge in [-0.05, 0) is 74.8 Å². The van der Waals surface area contributed by atoms with Crippen molar-refractivity contribution in [2.45, 2.75) is 45.1 Å². The Morgan fingerprint density at radius 1 is 1.05 bits per heavy atom. The number of hydrogen-bond acceptors (Lipinski definition) is 2. The molecule has 0 aliphatic heterocycles. The smallest absolute Gasteiger partial charge is 0.129 e. The van der Waals surface area contributed by atoms with Gasteiger partial charge in [-0.1, -0.05) is 11.6 Å². The van der Waals surface area contributed by atoms with Crippen LogP contribution >= 0.6 is 11.6 Å². The highest BCUT2D eigenvalue weighted by Gasteiger charge is 2.48. The largest absolute Gasteiger partial charge is 0.380 e. The summed E-state index contributed by atoms with van der Waals surface area (Å²) in [5.74, 6) is 3.85. The summed E-state index contributed by atoms with van der Waals surface area (Å²) in [6.07, 6.45) is 7.31. The number of aromatic nitrogens is 1. The Hall–Kier alpha value is -0.760. The zero-order valence-corrected chi connectivity index (χ0v) is 12.2. The molecule has 5 rings (SSSR count). The molecule has 4 aliphatic carbocycles. The standard InChI is InChI=1S/C16H21ClN2/c1-9-14(2-3-15(17)18-9)19-16-12-5-10-4-11(7-12)8-13(16)6-10/h2-3,10-13,16,19H,4-8H2,1H3. The molecule has 4 bridgehead atoms. The van der Waals surface area contributed by atoms with E-state index in [1.165, 1.54) is 37.8 Å². The first-order valence-corrected chi connectivity index (χ1v) is 7.96. The maximum atomic E-state index is 5.94. The molecule has 1 heterocycles. The van der Waals surface area contributed by atoms with E-state index in [9.17, 15) is 0 Å². The quantitative estimate of drug-likeness (QED) is 0.816. The molecule has 1 aromatic rings. The third-order valence-electron chi connectivity index (χ3n) is 5.60. The number of aryl methyl sites for hydroxylation is 1. The van der Waals surface area contributed by atoms with E-state index in [0.29, 0.717) is 11.2 Å².